The Bertz CT molecular complexity index is 965. The number of benzene rings is 1. The molecule has 29 heavy (non-hydrogen) atoms. The van der Waals surface area contributed by atoms with Gasteiger partial charge in [0, 0.05) is 18.8 Å². The van der Waals surface area contributed by atoms with Gasteiger partial charge in [0.25, 0.3) is 0 Å². The third-order valence-corrected chi connectivity index (χ3v) is 5.14. The highest BCUT2D eigenvalue weighted by molar-refractivity contribution is 5.48. The first-order valence-corrected chi connectivity index (χ1v) is 9.81. The van der Waals surface area contributed by atoms with Crippen LogP contribution in [0.3, 0.4) is 0 Å². The predicted octanol–water partition coefficient (Wildman–Crippen LogP) is 3.19. The van der Waals surface area contributed by atoms with E-state index in [1.54, 1.807) is 6.26 Å². The number of ether oxygens (including phenoxy) is 2. The first-order valence-electron chi connectivity index (χ1n) is 9.81. The van der Waals surface area contributed by atoms with Crippen LogP contribution in [0.2, 0.25) is 0 Å². The summed E-state index contributed by atoms with van der Waals surface area (Å²) in [6, 6.07) is 9.89. The summed E-state index contributed by atoms with van der Waals surface area (Å²) in [7, 11) is 0. The maximum absolute atomic E-state index is 10.8. The van der Waals surface area contributed by atoms with Gasteiger partial charge in [-0.25, -0.2) is 0 Å². The molecule has 0 radical (unpaired) electrons. The van der Waals surface area contributed by atoms with Crippen LogP contribution in [-0.2, 0) is 19.6 Å². The topological polar surface area (TPSA) is 72.9 Å². The van der Waals surface area contributed by atoms with Gasteiger partial charge in [-0.1, -0.05) is 0 Å². The lowest BCUT2D eigenvalue weighted by Gasteiger charge is -2.25. The molecule has 0 amide bonds. The second kappa shape index (κ2) is 8.31. The lowest BCUT2D eigenvalue weighted by atomic mass is 10.1. The third-order valence-electron chi connectivity index (χ3n) is 5.14. The average molecular weight is 397 g/mol. The van der Waals surface area contributed by atoms with Crippen LogP contribution in [0.5, 0.6) is 11.5 Å². The smallest absolute Gasteiger partial charge is 0.231 e. The summed E-state index contributed by atoms with van der Waals surface area (Å²) in [5.41, 5.74) is 4.27. The molecule has 0 fully saturated rings. The van der Waals surface area contributed by atoms with Gasteiger partial charge in [-0.3, -0.25) is 9.58 Å². The van der Waals surface area contributed by atoms with E-state index in [0.29, 0.717) is 26.2 Å². The first-order chi connectivity index (χ1) is 14.0. The number of aliphatic hydroxyl groups excluding tert-OH is 1. The lowest BCUT2D eigenvalue weighted by molar-refractivity contribution is 0.0838. The van der Waals surface area contributed by atoms with E-state index in [4.69, 9.17) is 13.9 Å². The highest BCUT2D eigenvalue weighted by Gasteiger charge is 2.20. The van der Waals surface area contributed by atoms with E-state index < -0.39 is 6.10 Å². The fourth-order valence-corrected chi connectivity index (χ4v) is 3.72. The Kier molecular flexibility index (Phi) is 5.60. The van der Waals surface area contributed by atoms with Gasteiger partial charge in [-0.2, -0.15) is 5.10 Å². The van der Waals surface area contributed by atoms with Crippen LogP contribution in [0, 0.1) is 20.8 Å². The van der Waals surface area contributed by atoms with Crippen molar-refractivity contribution in [2.24, 2.45) is 0 Å². The Balaban J connectivity index is 1.49. The highest BCUT2D eigenvalue weighted by atomic mass is 16.7. The standard InChI is InChI=1S/C22H27N3O4/c1-15-7-21-22(29-14-28-21)9-18(15)10-24(13-20-5-4-6-27-20)11-19(26)12-25-17(3)8-16(2)23-25/h4-9,19,26H,10-14H2,1-3H3. The number of hydrogen-bond acceptors (Lipinski definition) is 6. The van der Waals surface area contributed by atoms with Crippen molar-refractivity contribution >= 4 is 0 Å². The van der Waals surface area contributed by atoms with E-state index in [9.17, 15) is 5.11 Å². The fraction of sp³-hybridized carbons (Fsp3) is 0.409. The van der Waals surface area contributed by atoms with Crippen molar-refractivity contribution in [2.45, 2.75) is 46.5 Å². The Morgan fingerprint density at radius 3 is 2.62 bits per heavy atom. The number of furan rings is 1. The second-order valence-corrected chi connectivity index (χ2v) is 7.64. The van der Waals surface area contributed by atoms with Gasteiger partial charge in [0.05, 0.1) is 31.2 Å². The molecule has 154 valence electrons. The maximum atomic E-state index is 10.8. The Hall–Kier alpha value is -2.77. The molecule has 1 aromatic carbocycles. The van der Waals surface area contributed by atoms with Crippen molar-refractivity contribution in [3.63, 3.8) is 0 Å². The second-order valence-electron chi connectivity index (χ2n) is 7.64. The zero-order chi connectivity index (χ0) is 20.4. The molecule has 2 aromatic heterocycles. The van der Waals surface area contributed by atoms with Gasteiger partial charge in [-0.05, 0) is 62.2 Å². The maximum Gasteiger partial charge on any atom is 0.231 e. The number of aryl methyl sites for hydroxylation is 3. The molecule has 7 nitrogen and oxygen atoms in total. The first kappa shape index (κ1) is 19.5. The normalized spacial score (nSPS) is 14.0. The van der Waals surface area contributed by atoms with Gasteiger partial charge in [0.2, 0.25) is 6.79 Å². The van der Waals surface area contributed by atoms with Crippen LogP contribution in [-0.4, -0.2) is 39.2 Å². The van der Waals surface area contributed by atoms with E-state index in [-0.39, 0.29) is 6.79 Å². The van der Waals surface area contributed by atoms with Crippen molar-refractivity contribution < 1.29 is 19.0 Å². The van der Waals surface area contributed by atoms with E-state index in [1.807, 2.05) is 48.9 Å². The van der Waals surface area contributed by atoms with Crippen LogP contribution < -0.4 is 9.47 Å². The predicted molar refractivity (Wildman–Crippen MR) is 108 cm³/mol. The minimum Gasteiger partial charge on any atom is -0.468 e. The summed E-state index contributed by atoms with van der Waals surface area (Å²) in [6.45, 7) is 8.50. The molecule has 0 saturated heterocycles. The minimum atomic E-state index is -0.558. The number of fused-ring (bicyclic) bond motifs is 1. The molecule has 3 aromatic rings. The van der Waals surface area contributed by atoms with Crippen molar-refractivity contribution in [2.75, 3.05) is 13.3 Å². The number of nitrogens with zero attached hydrogens (tertiary/aromatic N) is 3. The van der Waals surface area contributed by atoms with Crippen molar-refractivity contribution in [1.82, 2.24) is 14.7 Å². The highest BCUT2D eigenvalue weighted by Crippen LogP contribution is 2.35. The molecule has 0 bridgehead atoms. The monoisotopic (exact) mass is 397 g/mol. The quantitative estimate of drug-likeness (QED) is 0.629. The lowest BCUT2D eigenvalue weighted by Crippen LogP contribution is -2.34. The molecular formula is C22H27N3O4. The number of aliphatic hydroxyl groups is 1. The molecule has 1 unspecified atom stereocenters. The summed E-state index contributed by atoms with van der Waals surface area (Å²) in [4.78, 5) is 2.18. The van der Waals surface area contributed by atoms with Gasteiger partial charge in [0.15, 0.2) is 11.5 Å². The van der Waals surface area contributed by atoms with Crippen molar-refractivity contribution in [1.29, 1.82) is 0 Å². The molecule has 1 N–H and O–H groups in total. The SMILES string of the molecule is Cc1cc(C)n(CC(O)CN(Cc2ccco2)Cc2cc3c(cc2C)OCO3)n1. The summed E-state index contributed by atoms with van der Waals surface area (Å²) in [5, 5.41) is 15.2. The van der Waals surface area contributed by atoms with Crippen LogP contribution in [0.15, 0.2) is 41.0 Å². The summed E-state index contributed by atoms with van der Waals surface area (Å²) in [5.74, 6) is 2.42. The summed E-state index contributed by atoms with van der Waals surface area (Å²) in [6.07, 6.45) is 1.11. The van der Waals surface area contributed by atoms with Crippen LogP contribution >= 0.6 is 0 Å². The Morgan fingerprint density at radius 2 is 1.93 bits per heavy atom. The van der Waals surface area contributed by atoms with Gasteiger partial charge >= 0.3 is 0 Å². The largest absolute Gasteiger partial charge is 0.468 e. The molecule has 7 heteroatoms. The molecule has 1 aliphatic heterocycles. The molecule has 3 heterocycles. The molecule has 1 aliphatic rings. The molecule has 0 spiro atoms. The minimum absolute atomic E-state index is 0.260. The average Bonchev–Trinajstić information content (AvgIpc) is 3.38. The molecule has 0 saturated carbocycles. The third kappa shape index (κ3) is 4.63. The van der Waals surface area contributed by atoms with E-state index in [0.717, 1.165) is 39.8 Å². The Morgan fingerprint density at radius 1 is 1.14 bits per heavy atom. The van der Waals surface area contributed by atoms with Gasteiger partial charge in [-0.15, -0.1) is 0 Å². The van der Waals surface area contributed by atoms with Gasteiger partial charge in [0.1, 0.15) is 5.76 Å². The molecular weight excluding hydrogens is 370 g/mol. The fourth-order valence-electron chi connectivity index (χ4n) is 3.72. The number of rotatable bonds is 8. The molecule has 4 rings (SSSR count). The number of aromatic nitrogens is 2. The molecule has 1 atom stereocenters. The van der Waals surface area contributed by atoms with Crippen LogP contribution in [0.4, 0.5) is 0 Å². The van der Waals surface area contributed by atoms with Crippen molar-refractivity contribution in [3.05, 3.63) is 64.9 Å². The van der Waals surface area contributed by atoms with E-state index in [1.165, 1.54) is 0 Å². The van der Waals surface area contributed by atoms with E-state index in [2.05, 4.69) is 16.9 Å². The van der Waals surface area contributed by atoms with Crippen LogP contribution in [0.1, 0.15) is 28.3 Å². The zero-order valence-electron chi connectivity index (χ0n) is 17.1. The van der Waals surface area contributed by atoms with Crippen LogP contribution in [0.25, 0.3) is 0 Å². The molecule has 0 aliphatic carbocycles. The van der Waals surface area contributed by atoms with Gasteiger partial charge < -0.3 is 19.0 Å². The van der Waals surface area contributed by atoms with E-state index >= 15 is 0 Å². The zero-order valence-corrected chi connectivity index (χ0v) is 17.1. The number of hydrogen-bond donors (Lipinski definition) is 1. The Labute approximate surface area is 170 Å². The summed E-state index contributed by atoms with van der Waals surface area (Å²) >= 11 is 0. The summed E-state index contributed by atoms with van der Waals surface area (Å²) < 4.78 is 18.4. The van der Waals surface area contributed by atoms with Crippen molar-refractivity contribution in [3.8, 4) is 11.5 Å².